The molecule has 1 atom stereocenters. The van der Waals surface area contributed by atoms with Crippen LogP contribution in [0.3, 0.4) is 0 Å². The molecule has 0 saturated carbocycles. The molecule has 168 valence electrons. The summed E-state index contributed by atoms with van der Waals surface area (Å²) >= 11 is 0. The van der Waals surface area contributed by atoms with Crippen molar-refractivity contribution in [1.29, 1.82) is 0 Å². The van der Waals surface area contributed by atoms with Gasteiger partial charge in [0.05, 0.1) is 10.5 Å². The molecule has 32 heavy (non-hydrogen) atoms. The molecule has 10 heteroatoms. The minimum atomic E-state index is -4.46. The predicted molar refractivity (Wildman–Crippen MR) is 112 cm³/mol. The number of aromatic nitrogens is 1. The third-order valence-corrected chi connectivity index (χ3v) is 6.79. The van der Waals surface area contributed by atoms with Crippen LogP contribution < -0.4 is 9.62 Å². The highest BCUT2D eigenvalue weighted by Crippen LogP contribution is 2.30. The van der Waals surface area contributed by atoms with E-state index in [2.05, 4.69) is 9.71 Å². The van der Waals surface area contributed by atoms with Crippen LogP contribution in [0, 0.1) is 5.82 Å². The van der Waals surface area contributed by atoms with Crippen LogP contribution in [0.2, 0.25) is 0 Å². The van der Waals surface area contributed by atoms with Crippen molar-refractivity contribution in [2.45, 2.75) is 23.5 Å². The quantitative estimate of drug-likeness (QED) is 0.565. The number of benzene rings is 2. The van der Waals surface area contributed by atoms with Crippen molar-refractivity contribution in [3.05, 3.63) is 78.2 Å². The van der Waals surface area contributed by atoms with Crippen LogP contribution in [0.5, 0.6) is 0 Å². The minimum Gasteiger partial charge on any atom is -0.355 e. The van der Waals surface area contributed by atoms with Gasteiger partial charge < -0.3 is 4.90 Å². The first-order chi connectivity index (χ1) is 15.1. The average molecular weight is 465 g/mol. The van der Waals surface area contributed by atoms with Gasteiger partial charge in [-0.25, -0.2) is 22.5 Å². The fraction of sp³-hybridized carbons (Fsp3) is 0.227. The molecule has 1 saturated heterocycles. The van der Waals surface area contributed by atoms with E-state index in [1.165, 1.54) is 30.3 Å². The summed E-state index contributed by atoms with van der Waals surface area (Å²) in [6.45, 7) is 0.764. The lowest BCUT2D eigenvalue weighted by molar-refractivity contribution is -0.137. The Balaban J connectivity index is 1.41. The minimum absolute atomic E-state index is 0.0921. The first-order valence-electron chi connectivity index (χ1n) is 9.78. The first kappa shape index (κ1) is 22.2. The molecule has 1 fully saturated rings. The molecule has 2 aromatic carbocycles. The Morgan fingerprint density at radius 3 is 2.12 bits per heavy atom. The molecule has 1 aromatic heterocycles. The lowest BCUT2D eigenvalue weighted by atomic mass is 10.1. The Labute approximate surface area is 182 Å². The van der Waals surface area contributed by atoms with Gasteiger partial charge in [-0.2, -0.15) is 13.2 Å². The molecule has 5 nitrogen and oxygen atoms in total. The number of pyridine rings is 1. The Kier molecular flexibility index (Phi) is 5.91. The zero-order valence-corrected chi connectivity index (χ0v) is 17.5. The van der Waals surface area contributed by atoms with Crippen molar-refractivity contribution < 1.29 is 26.0 Å². The van der Waals surface area contributed by atoms with E-state index in [0.29, 0.717) is 25.3 Å². The maximum atomic E-state index is 13.1. The van der Waals surface area contributed by atoms with Gasteiger partial charge in [0, 0.05) is 25.3 Å². The van der Waals surface area contributed by atoms with Crippen LogP contribution in [-0.2, 0) is 16.2 Å². The largest absolute Gasteiger partial charge is 0.417 e. The molecule has 4 rings (SSSR count). The monoisotopic (exact) mass is 465 g/mol. The Bertz CT molecular complexity index is 1180. The van der Waals surface area contributed by atoms with E-state index >= 15 is 0 Å². The number of alkyl halides is 3. The van der Waals surface area contributed by atoms with E-state index < -0.39 is 27.8 Å². The second-order valence-electron chi connectivity index (χ2n) is 7.49. The molecule has 3 aromatic rings. The van der Waals surface area contributed by atoms with Gasteiger partial charge in [0.1, 0.15) is 11.6 Å². The second-order valence-corrected chi connectivity index (χ2v) is 9.20. The molecule has 2 heterocycles. The second kappa shape index (κ2) is 8.51. The van der Waals surface area contributed by atoms with Gasteiger partial charge in [-0.05, 0) is 53.9 Å². The average Bonchev–Trinajstić information content (AvgIpc) is 3.22. The topological polar surface area (TPSA) is 62.3 Å². The summed E-state index contributed by atoms with van der Waals surface area (Å²) in [7, 11) is -3.79. The fourth-order valence-corrected chi connectivity index (χ4v) is 4.82. The number of hydrogen-bond donors (Lipinski definition) is 1. The van der Waals surface area contributed by atoms with E-state index in [9.17, 15) is 26.0 Å². The van der Waals surface area contributed by atoms with Crippen LogP contribution in [0.4, 0.5) is 23.4 Å². The van der Waals surface area contributed by atoms with Crippen LogP contribution in [0.15, 0.2) is 71.8 Å². The Morgan fingerprint density at radius 1 is 0.938 bits per heavy atom. The van der Waals surface area contributed by atoms with E-state index in [4.69, 9.17) is 0 Å². The number of nitrogens with zero attached hydrogens (tertiary/aromatic N) is 2. The molecular formula is C22H19F4N3O2S. The van der Waals surface area contributed by atoms with Gasteiger partial charge in [0.15, 0.2) is 0 Å². The number of rotatable bonds is 5. The van der Waals surface area contributed by atoms with E-state index in [1.807, 2.05) is 0 Å². The summed E-state index contributed by atoms with van der Waals surface area (Å²) in [6, 6.07) is 14.0. The van der Waals surface area contributed by atoms with E-state index in [-0.39, 0.29) is 10.7 Å². The van der Waals surface area contributed by atoms with Gasteiger partial charge in [-0.3, -0.25) is 0 Å². The van der Waals surface area contributed by atoms with Crippen molar-refractivity contribution in [1.82, 2.24) is 9.71 Å². The summed E-state index contributed by atoms with van der Waals surface area (Å²) in [5.41, 5.74) is 0.685. The summed E-state index contributed by atoms with van der Waals surface area (Å²) in [5, 5.41) is 0. The van der Waals surface area contributed by atoms with E-state index in [0.717, 1.165) is 23.4 Å². The molecule has 0 radical (unpaired) electrons. The maximum absolute atomic E-state index is 13.1. The molecule has 1 aliphatic rings. The Hall–Kier alpha value is -2.98. The zero-order chi connectivity index (χ0) is 22.9. The summed E-state index contributed by atoms with van der Waals surface area (Å²) in [5.74, 6) is 0.0117. The van der Waals surface area contributed by atoms with Crippen molar-refractivity contribution in [3.8, 4) is 11.1 Å². The molecule has 1 N–H and O–H groups in total. The van der Waals surface area contributed by atoms with Gasteiger partial charge in [-0.15, -0.1) is 0 Å². The van der Waals surface area contributed by atoms with Crippen molar-refractivity contribution in [3.63, 3.8) is 0 Å². The zero-order valence-electron chi connectivity index (χ0n) is 16.7. The number of sulfonamides is 1. The smallest absolute Gasteiger partial charge is 0.355 e. The normalized spacial score (nSPS) is 17.0. The van der Waals surface area contributed by atoms with Crippen LogP contribution in [0.1, 0.15) is 12.0 Å². The van der Waals surface area contributed by atoms with Crippen LogP contribution in [0.25, 0.3) is 11.1 Å². The highest BCUT2D eigenvalue weighted by atomic mass is 32.2. The van der Waals surface area contributed by atoms with Crippen LogP contribution >= 0.6 is 0 Å². The van der Waals surface area contributed by atoms with Crippen LogP contribution in [-0.4, -0.2) is 32.5 Å². The van der Waals surface area contributed by atoms with Crippen molar-refractivity contribution >= 4 is 15.8 Å². The summed E-state index contributed by atoms with van der Waals surface area (Å²) in [4.78, 5) is 5.70. The molecule has 1 aliphatic heterocycles. The number of hydrogen-bond acceptors (Lipinski definition) is 4. The maximum Gasteiger partial charge on any atom is 0.417 e. The predicted octanol–water partition coefficient (Wildman–Crippen LogP) is 4.46. The number of halogens is 4. The van der Waals surface area contributed by atoms with Gasteiger partial charge >= 0.3 is 6.18 Å². The van der Waals surface area contributed by atoms with E-state index in [1.54, 1.807) is 29.2 Å². The van der Waals surface area contributed by atoms with Gasteiger partial charge in [-0.1, -0.05) is 24.3 Å². The molecular weight excluding hydrogens is 446 g/mol. The molecule has 0 spiro atoms. The summed E-state index contributed by atoms with van der Waals surface area (Å²) < 4.78 is 79.3. The standard InChI is InChI=1S/C22H19F4N3O2S/c23-18-6-1-15(2-7-18)16-3-8-20(9-4-16)32(30,31)28-19-11-12-29(14-19)21-10-5-17(13-27-21)22(24,25)26/h1-10,13,19,28H,11-12,14H2. The molecule has 0 aliphatic carbocycles. The van der Waals surface area contributed by atoms with Crippen molar-refractivity contribution in [2.24, 2.45) is 0 Å². The third kappa shape index (κ3) is 4.91. The van der Waals surface area contributed by atoms with Gasteiger partial charge in [0.2, 0.25) is 10.0 Å². The third-order valence-electron chi connectivity index (χ3n) is 5.25. The summed E-state index contributed by atoms with van der Waals surface area (Å²) in [6.07, 6.45) is -3.19. The molecule has 0 amide bonds. The highest BCUT2D eigenvalue weighted by Gasteiger charge is 2.32. The number of anilines is 1. The SMILES string of the molecule is O=S(=O)(NC1CCN(c2ccc(C(F)(F)F)cn2)C1)c1ccc(-c2ccc(F)cc2)cc1. The lowest BCUT2D eigenvalue weighted by Gasteiger charge is -2.18. The molecule has 0 bridgehead atoms. The van der Waals surface area contributed by atoms with Gasteiger partial charge in [0.25, 0.3) is 0 Å². The Morgan fingerprint density at radius 2 is 1.56 bits per heavy atom. The van der Waals surface area contributed by atoms with Crippen molar-refractivity contribution in [2.75, 3.05) is 18.0 Å². The lowest BCUT2D eigenvalue weighted by Crippen LogP contribution is -2.37. The number of nitrogens with one attached hydrogen (secondary N) is 1. The molecule has 1 unspecified atom stereocenters. The highest BCUT2D eigenvalue weighted by molar-refractivity contribution is 7.89. The fourth-order valence-electron chi connectivity index (χ4n) is 3.56. The first-order valence-corrected chi connectivity index (χ1v) is 11.3.